The number of tetrazole rings is 1. The molecule has 1 saturated carbocycles. The van der Waals surface area contributed by atoms with E-state index in [1.807, 2.05) is 35.8 Å². The van der Waals surface area contributed by atoms with E-state index in [0.29, 0.717) is 12.2 Å². The molecule has 0 unspecified atom stereocenters. The molecular weight excluding hydrogens is 360 g/mol. The second-order valence-electron chi connectivity index (χ2n) is 6.91. The second kappa shape index (κ2) is 7.85. The summed E-state index contributed by atoms with van der Waals surface area (Å²) in [6.45, 7) is 2.63. The minimum Gasteiger partial charge on any atom is -0.388 e. The van der Waals surface area contributed by atoms with Crippen molar-refractivity contribution in [2.24, 2.45) is 0 Å². The van der Waals surface area contributed by atoms with Gasteiger partial charge in [-0.3, -0.25) is 4.79 Å². The molecule has 2 heterocycles. The minimum atomic E-state index is -0.111. The molecule has 28 heavy (non-hydrogen) atoms. The number of carbonyl (C=O) groups is 1. The number of carbonyl (C=O) groups excluding carboxylic acids is 1. The van der Waals surface area contributed by atoms with Crippen LogP contribution in [0, 0.1) is 0 Å². The van der Waals surface area contributed by atoms with Crippen LogP contribution in [0.2, 0.25) is 0 Å². The van der Waals surface area contributed by atoms with Gasteiger partial charge < -0.3 is 15.0 Å². The predicted octanol–water partition coefficient (Wildman–Crippen LogP) is 0.371. The van der Waals surface area contributed by atoms with Gasteiger partial charge in [-0.15, -0.1) is 15.3 Å². The van der Waals surface area contributed by atoms with E-state index in [1.54, 1.807) is 4.68 Å². The average Bonchev–Trinajstić information content (AvgIpc) is 3.34. The molecular formula is C18H22N8O2. The van der Waals surface area contributed by atoms with Gasteiger partial charge in [-0.1, -0.05) is 12.1 Å². The second-order valence-corrected chi connectivity index (χ2v) is 6.91. The smallest absolute Gasteiger partial charge is 0.224 e. The Balaban J connectivity index is 1.28. The first kappa shape index (κ1) is 18.2. The zero-order chi connectivity index (χ0) is 19.5. The van der Waals surface area contributed by atoms with Gasteiger partial charge in [-0.25, -0.2) is 4.68 Å². The van der Waals surface area contributed by atoms with E-state index in [9.17, 15) is 9.90 Å². The van der Waals surface area contributed by atoms with Gasteiger partial charge in [0.2, 0.25) is 5.91 Å². The van der Waals surface area contributed by atoms with Crippen molar-refractivity contribution in [3.05, 3.63) is 47.8 Å². The van der Waals surface area contributed by atoms with Gasteiger partial charge in [0, 0.05) is 18.5 Å². The highest BCUT2D eigenvalue weighted by Crippen LogP contribution is 2.36. The fourth-order valence-electron chi connectivity index (χ4n) is 3.57. The Hall–Kier alpha value is -3.14. The van der Waals surface area contributed by atoms with Gasteiger partial charge in [-0.05, 0) is 47.9 Å². The van der Waals surface area contributed by atoms with E-state index >= 15 is 0 Å². The standard InChI is InChI=1S/C18H22N8O2/c1-2-25-16(10-27)21-22-18(25)13-8-14(9-13)20-17(28)7-12-3-5-15(6-4-12)26-11-19-23-24-26/h3-6,11,13-14,27H,2,7-10H2,1H3,(H,20,28). The summed E-state index contributed by atoms with van der Waals surface area (Å²) >= 11 is 0. The number of aliphatic hydroxyl groups excluding tert-OH is 1. The molecule has 4 rings (SSSR count). The Kier molecular flexibility index (Phi) is 5.11. The lowest BCUT2D eigenvalue weighted by atomic mass is 9.79. The predicted molar refractivity (Wildman–Crippen MR) is 98.4 cm³/mol. The van der Waals surface area contributed by atoms with E-state index in [-0.39, 0.29) is 24.5 Å². The molecule has 0 aliphatic heterocycles. The van der Waals surface area contributed by atoms with Gasteiger partial charge in [0.25, 0.3) is 0 Å². The normalized spacial score (nSPS) is 18.6. The van der Waals surface area contributed by atoms with Crippen molar-refractivity contribution in [1.29, 1.82) is 0 Å². The Bertz CT molecular complexity index is 929. The average molecular weight is 382 g/mol. The Labute approximate surface area is 161 Å². The number of hydrogen-bond acceptors (Lipinski definition) is 7. The maximum atomic E-state index is 12.3. The first-order valence-electron chi connectivity index (χ1n) is 9.32. The summed E-state index contributed by atoms with van der Waals surface area (Å²) in [5.41, 5.74) is 1.78. The summed E-state index contributed by atoms with van der Waals surface area (Å²) in [5, 5.41) is 31.7. The van der Waals surface area contributed by atoms with Crippen LogP contribution in [0.15, 0.2) is 30.6 Å². The summed E-state index contributed by atoms with van der Waals surface area (Å²) in [4.78, 5) is 12.3. The van der Waals surface area contributed by atoms with E-state index in [2.05, 4.69) is 31.0 Å². The van der Waals surface area contributed by atoms with Crippen LogP contribution < -0.4 is 5.32 Å². The molecule has 0 atom stereocenters. The zero-order valence-corrected chi connectivity index (χ0v) is 15.6. The molecule has 3 aromatic rings. The number of aliphatic hydroxyl groups is 1. The van der Waals surface area contributed by atoms with Crippen LogP contribution in [-0.2, 0) is 24.4 Å². The van der Waals surface area contributed by atoms with Crippen molar-refractivity contribution in [2.75, 3.05) is 0 Å². The highest BCUT2D eigenvalue weighted by atomic mass is 16.3. The first-order chi connectivity index (χ1) is 13.7. The number of rotatable bonds is 7. The van der Waals surface area contributed by atoms with Crippen LogP contribution >= 0.6 is 0 Å². The SMILES string of the molecule is CCn1c(CO)nnc1C1CC(NC(=O)Cc2ccc(-n3cnnn3)cc2)C1. The van der Waals surface area contributed by atoms with E-state index in [0.717, 1.165) is 36.5 Å². The largest absolute Gasteiger partial charge is 0.388 e. The van der Waals surface area contributed by atoms with Crippen LogP contribution in [0.4, 0.5) is 0 Å². The van der Waals surface area contributed by atoms with Gasteiger partial charge in [0.05, 0.1) is 12.1 Å². The summed E-state index contributed by atoms with van der Waals surface area (Å²) in [5.74, 6) is 1.77. The highest BCUT2D eigenvalue weighted by molar-refractivity contribution is 5.79. The molecule has 10 nitrogen and oxygen atoms in total. The lowest BCUT2D eigenvalue weighted by molar-refractivity contribution is -0.121. The molecule has 10 heteroatoms. The molecule has 1 fully saturated rings. The lowest BCUT2D eigenvalue weighted by Gasteiger charge is -2.35. The van der Waals surface area contributed by atoms with E-state index in [4.69, 9.17) is 0 Å². The molecule has 0 bridgehead atoms. The number of benzene rings is 1. The summed E-state index contributed by atoms with van der Waals surface area (Å²) < 4.78 is 3.52. The van der Waals surface area contributed by atoms with Crippen LogP contribution in [0.3, 0.4) is 0 Å². The highest BCUT2D eigenvalue weighted by Gasteiger charge is 2.35. The molecule has 0 spiro atoms. The van der Waals surface area contributed by atoms with E-state index < -0.39 is 0 Å². The van der Waals surface area contributed by atoms with Crippen LogP contribution in [0.5, 0.6) is 0 Å². The Morgan fingerprint density at radius 3 is 2.68 bits per heavy atom. The lowest BCUT2D eigenvalue weighted by Crippen LogP contribution is -2.44. The van der Waals surface area contributed by atoms with E-state index in [1.165, 1.54) is 6.33 Å². The fraction of sp³-hybridized carbons (Fsp3) is 0.444. The monoisotopic (exact) mass is 382 g/mol. The number of nitrogens with one attached hydrogen (secondary N) is 1. The van der Waals surface area contributed by atoms with Crippen LogP contribution in [0.25, 0.3) is 5.69 Å². The third-order valence-electron chi connectivity index (χ3n) is 5.10. The topological polar surface area (TPSA) is 124 Å². The molecule has 1 aromatic carbocycles. The molecule has 1 aliphatic carbocycles. The number of nitrogens with zero attached hydrogens (tertiary/aromatic N) is 7. The third kappa shape index (κ3) is 3.63. The fourth-order valence-corrected chi connectivity index (χ4v) is 3.57. The van der Waals surface area contributed by atoms with Crippen molar-refractivity contribution in [3.8, 4) is 5.69 Å². The zero-order valence-electron chi connectivity index (χ0n) is 15.6. The molecule has 0 saturated heterocycles. The molecule has 2 N–H and O–H groups in total. The molecule has 2 aromatic heterocycles. The minimum absolute atomic E-state index is 0.00614. The maximum absolute atomic E-state index is 12.3. The quantitative estimate of drug-likeness (QED) is 0.605. The van der Waals surface area contributed by atoms with Gasteiger partial charge in [-0.2, -0.15) is 0 Å². The van der Waals surface area contributed by atoms with Crippen molar-refractivity contribution in [3.63, 3.8) is 0 Å². The molecule has 0 radical (unpaired) electrons. The van der Waals surface area contributed by atoms with Crippen molar-refractivity contribution < 1.29 is 9.90 Å². The molecule has 1 amide bonds. The molecule has 146 valence electrons. The third-order valence-corrected chi connectivity index (χ3v) is 5.10. The van der Waals surface area contributed by atoms with Gasteiger partial charge in [0.15, 0.2) is 5.82 Å². The van der Waals surface area contributed by atoms with Crippen LogP contribution in [0.1, 0.15) is 42.9 Å². The van der Waals surface area contributed by atoms with Crippen molar-refractivity contribution in [2.45, 2.75) is 51.3 Å². The number of hydrogen-bond donors (Lipinski definition) is 2. The summed E-state index contributed by atoms with van der Waals surface area (Å²) in [6.07, 6.45) is 3.54. The van der Waals surface area contributed by atoms with Crippen LogP contribution in [-0.4, -0.2) is 52.0 Å². The number of aromatic nitrogens is 7. The Morgan fingerprint density at radius 2 is 2.04 bits per heavy atom. The van der Waals surface area contributed by atoms with Gasteiger partial charge in [0.1, 0.15) is 18.8 Å². The number of amides is 1. The van der Waals surface area contributed by atoms with Crippen molar-refractivity contribution >= 4 is 5.91 Å². The summed E-state index contributed by atoms with van der Waals surface area (Å²) in [7, 11) is 0. The maximum Gasteiger partial charge on any atom is 0.224 e. The molecule has 1 aliphatic rings. The Morgan fingerprint density at radius 1 is 1.25 bits per heavy atom. The van der Waals surface area contributed by atoms with Crippen molar-refractivity contribution in [1.82, 2.24) is 40.3 Å². The van der Waals surface area contributed by atoms with Gasteiger partial charge >= 0.3 is 0 Å². The first-order valence-corrected chi connectivity index (χ1v) is 9.32. The summed E-state index contributed by atoms with van der Waals surface area (Å²) in [6, 6.07) is 7.72.